The van der Waals surface area contributed by atoms with Crippen LogP contribution in [0.15, 0.2) is 0 Å². The first-order chi connectivity index (χ1) is 8.70. The van der Waals surface area contributed by atoms with Crippen LogP contribution in [0.25, 0.3) is 0 Å². The van der Waals surface area contributed by atoms with E-state index in [4.69, 9.17) is 0 Å². The van der Waals surface area contributed by atoms with E-state index in [1.54, 1.807) is 0 Å². The summed E-state index contributed by atoms with van der Waals surface area (Å²) in [5.74, 6) is 1.92. The third-order valence-corrected chi connectivity index (χ3v) is 4.24. The van der Waals surface area contributed by atoms with E-state index in [2.05, 4.69) is 27.7 Å². The molecule has 2 atom stereocenters. The van der Waals surface area contributed by atoms with Gasteiger partial charge in [-0.1, -0.05) is 105 Å². The second-order valence-corrected chi connectivity index (χ2v) is 6.49. The van der Waals surface area contributed by atoms with Crippen molar-refractivity contribution < 1.29 is 0 Å². The summed E-state index contributed by atoms with van der Waals surface area (Å²) in [6.07, 6.45) is 17.3. The van der Waals surface area contributed by atoms with Crippen molar-refractivity contribution in [3.63, 3.8) is 0 Å². The molecule has 0 radical (unpaired) electrons. The van der Waals surface area contributed by atoms with Gasteiger partial charge in [-0.15, -0.1) is 0 Å². The molecule has 0 N–H and O–H groups in total. The highest BCUT2D eigenvalue weighted by Gasteiger charge is 2.05. The average Bonchev–Trinajstić information content (AvgIpc) is 2.35. The van der Waals surface area contributed by atoms with Crippen LogP contribution in [0.4, 0.5) is 0 Å². The van der Waals surface area contributed by atoms with Gasteiger partial charge in [-0.05, 0) is 11.8 Å². The van der Waals surface area contributed by atoms with Crippen molar-refractivity contribution in [3.8, 4) is 0 Å². The van der Waals surface area contributed by atoms with Gasteiger partial charge in [-0.25, -0.2) is 0 Å². The normalized spacial score (nSPS) is 14.7. The Morgan fingerprint density at radius 2 is 0.889 bits per heavy atom. The largest absolute Gasteiger partial charge is 0.0654 e. The van der Waals surface area contributed by atoms with E-state index < -0.39 is 0 Å². The van der Waals surface area contributed by atoms with E-state index in [1.807, 2.05) is 0 Å². The predicted molar refractivity (Wildman–Crippen MR) is 85.1 cm³/mol. The Morgan fingerprint density at radius 3 is 1.39 bits per heavy atom. The molecule has 0 amide bonds. The fourth-order valence-corrected chi connectivity index (χ4v) is 2.77. The lowest BCUT2D eigenvalue weighted by Gasteiger charge is -2.14. The third-order valence-electron chi connectivity index (χ3n) is 4.24. The summed E-state index contributed by atoms with van der Waals surface area (Å²) in [6.45, 7) is 9.49. The molecular weight excluding hydrogens is 216 g/mol. The number of hydrogen-bond donors (Lipinski definition) is 0. The summed E-state index contributed by atoms with van der Waals surface area (Å²) < 4.78 is 0. The maximum absolute atomic E-state index is 2.45. The molecule has 0 saturated carbocycles. The van der Waals surface area contributed by atoms with Crippen molar-refractivity contribution in [1.29, 1.82) is 0 Å². The molecule has 0 aliphatic carbocycles. The van der Waals surface area contributed by atoms with Gasteiger partial charge < -0.3 is 0 Å². The molecule has 0 bridgehead atoms. The van der Waals surface area contributed by atoms with E-state index in [9.17, 15) is 0 Å². The van der Waals surface area contributed by atoms with Gasteiger partial charge in [0.1, 0.15) is 0 Å². The van der Waals surface area contributed by atoms with Gasteiger partial charge in [0.05, 0.1) is 0 Å². The standard InChI is InChI=1S/C18H38/c1-5-7-9-11-14-18(4)16-12-15-17(3)13-10-8-6-2/h17-18H,5-16H2,1-4H3. The highest BCUT2D eigenvalue weighted by molar-refractivity contribution is 4.58. The van der Waals surface area contributed by atoms with Crippen molar-refractivity contribution in [2.24, 2.45) is 11.8 Å². The van der Waals surface area contributed by atoms with Crippen LogP contribution in [-0.2, 0) is 0 Å². The number of rotatable bonds is 13. The molecular formula is C18H38. The first-order valence-corrected chi connectivity index (χ1v) is 8.70. The minimum atomic E-state index is 0.962. The van der Waals surface area contributed by atoms with Crippen LogP contribution in [0.5, 0.6) is 0 Å². The molecule has 0 aliphatic rings. The Bertz CT molecular complexity index is 150. The van der Waals surface area contributed by atoms with Crippen LogP contribution in [0.1, 0.15) is 105 Å². The van der Waals surface area contributed by atoms with Crippen LogP contribution >= 0.6 is 0 Å². The molecule has 0 aliphatic heterocycles. The fourth-order valence-electron chi connectivity index (χ4n) is 2.77. The first kappa shape index (κ1) is 18.0. The highest BCUT2D eigenvalue weighted by Crippen LogP contribution is 2.20. The van der Waals surface area contributed by atoms with Gasteiger partial charge in [0.15, 0.2) is 0 Å². The van der Waals surface area contributed by atoms with Crippen molar-refractivity contribution in [1.82, 2.24) is 0 Å². The molecule has 0 nitrogen and oxygen atoms in total. The van der Waals surface area contributed by atoms with E-state index in [0.717, 1.165) is 11.8 Å². The molecule has 110 valence electrons. The molecule has 0 saturated heterocycles. The topological polar surface area (TPSA) is 0 Å². The highest BCUT2D eigenvalue weighted by atomic mass is 14.1. The van der Waals surface area contributed by atoms with Crippen LogP contribution in [0.2, 0.25) is 0 Å². The van der Waals surface area contributed by atoms with Crippen molar-refractivity contribution in [2.75, 3.05) is 0 Å². The Kier molecular flexibility index (Phi) is 13.4. The zero-order chi connectivity index (χ0) is 13.6. The minimum absolute atomic E-state index is 0.962. The van der Waals surface area contributed by atoms with E-state index in [-0.39, 0.29) is 0 Å². The summed E-state index contributed by atoms with van der Waals surface area (Å²) in [4.78, 5) is 0. The minimum Gasteiger partial charge on any atom is -0.0654 e. The van der Waals surface area contributed by atoms with Gasteiger partial charge in [0.25, 0.3) is 0 Å². The Labute approximate surface area is 117 Å². The van der Waals surface area contributed by atoms with Gasteiger partial charge in [-0.2, -0.15) is 0 Å². The van der Waals surface area contributed by atoms with E-state index in [1.165, 1.54) is 77.0 Å². The van der Waals surface area contributed by atoms with Crippen molar-refractivity contribution in [2.45, 2.75) is 105 Å². The summed E-state index contributed by atoms with van der Waals surface area (Å²) in [5.41, 5.74) is 0. The summed E-state index contributed by atoms with van der Waals surface area (Å²) in [7, 11) is 0. The van der Waals surface area contributed by atoms with Crippen LogP contribution in [0.3, 0.4) is 0 Å². The molecule has 0 aromatic rings. The molecule has 0 aromatic heterocycles. The second kappa shape index (κ2) is 13.4. The molecule has 0 aromatic carbocycles. The quantitative estimate of drug-likeness (QED) is 0.311. The second-order valence-electron chi connectivity index (χ2n) is 6.49. The van der Waals surface area contributed by atoms with Gasteiger partial charge >= 0.3 is 0 Å². The third kappa shape index (κ3) is 12.5. The molecule has 18 heavy (non-hydrogen) atoms. The predicted octanol–water partition coefficient (Wildman–Crippen LogP) is 6.98. The van der Waals surface area contributed by atoms with Crippen LogP contribution in [-0.4, -0.2) is 0 Å². The average molecular weight is 255 g/mol. The maximum atomic E-state index is 2.45. The summed E-state index contributed by atoms with van der Waals surface area (Å²) in [5, 5.41) is 0. The molecule has 0 heteroatoms. The van der Waals surface area contributed by atoms with Gasteiger partial charge in [-0.3, -0.25) is 0 Å². The SMILES string of the molecule is CCCCCCC(C)CCCC(C)CCCCC. The lowest BCUT2D eigenvalue weighted by atomic mass is 9.92. The molecule has 0 heterocycles. The number of hydrogen-bond acceptors (Lipinski definition) is 0. The van der Waals surface area contributed by atoms with Crippen LogP contribution < -0.4 is 0 Å². The Balaban J connectivity index is 3.29. The lowest BCUT2D eigenvalue weighted by molar-refractivity contribution is 0.393. The smallest absolute Gasteiger partial charge is 0.0443 e. The summed E-state index contributed by atoms with van der Waals surface area (Å²) >= 11 is 0. The van der Waals surface area contributed by atoms with E-state index >= 15 is 0 Å². The Morgan fingerprint density at radius 1 is 0.500 bits per heavy atom. The molecule has 0 spiro atoms. The monoisotopic (exact) mass is 254 g/mol. The van der Waals surface area contributed by atoms with E-state index in [0.29, 0.717) is 0 Å². The van der Waals surface area contributed by atoms with Crippen molar-refractivity contribution in [3.05, 3.63) is 0 Å². The fraction of sp³-hybridized carbons (Fsp3) is 1.00. The van der Waals surface area contributed by atoms with Crippen LogP contribution in [0, 0.1) is 11.8 Å². The van der Waals surface area contributed by atoms with Gasteiger partial charge in [0, 0.05) is 0 Å². The maximum Gasteiger partial charge on any atom is -0.0443 e. The summed E-state index contributed by atoms with van der Waals surface area (Å²) in [6, 6.07) is 0. The molecule has 0 rings (SSSR count). The van der Waals surface area contributed by atoms with Crippen molar-refractivity contribution >= 4 is 0 Å². The zero-order valence-electron chi connectivity index (χ0n) is 13.6. The zero-order valence-corrected chi connectivity index (χ0v) is 13.6. The first-order valence-electron chi connectivity index (χ1n) is 8.70. The van der Waals surface area contributed by atoms with Gasteiger partial charge in [0.2, 0.25) is 0 Å². The number of unbranched alkanes of at least 4 members (excludes halogenated alkanes) is 5. The molecule has 0 fully saturated rings. The Hall–Kier alpha value is 0. The lowest BCUT2D eigenvalue weighted by Crippen LogP contribution is -1.99. The molecule has 2 unspecified atom stereocenters.